The number of nitrogens with one attached hydrogen (secondary N) is 1. The van der Waals surface area contributed by atoms with Gasteiger partial charge >= 0.3 is 5.97 Å². The van der Waals surface area contributed by atoms with E-state index >= 15 is 0 Å². The quantitative estimate of drug-likeness (QED) is 0.615. The average molecular weight is 404 g/mol. The molecular formula is C20H25N3O4S. The van der Waals surface area contributed by atoms with Crippen LogP contribution in [0.5, 0.6) is 0 Å². The number of anilines is 1. The summed E-state index contributed by atoms with van der Waals surface area (Å²) in [5.74, 6) is -0.778. The molecule has 1 N–H and O–H groups in total. The third-order valence-corrected chi connectivity index (χ3v) is 4.76. The molecule has 1 heterocycles. The maximum atomic E-state index is 12.4. The Labute approximate surface area is 168 Å². The van der Waals surface area contributed by atoms with Crippen molar-refractivity contribution in [2.45, 2.75) is 32.6 Å². The largest absolute Gasteiger partial charge is 0.469 e. The predicted octanol–water partition coefficient (Wildman–Crippen LogP) is 3.33. The van der Waals surface area contributed by atoms with Crippen LogP contribution in [0.4, 0.5) is 5.13 Å². The summed E-state index contributed by atoms with van der Waals surface area (Å²) in [4.78, 5) is 41.8. The van der Waals surface area contributed by atoms with Gasteiger partial charge in [0.2, 0.25) is 11.8 Å². The van der Waals surface area contributed by atoms with Crippen LogP contribution in [0.25, 0.3) is 11.3 Å². The number of esters is 1. The summed E-state index contributed by atoms with van der Waals surface area (Å²) < 4.78 is 4.57. The topological polar surface area (TPSA) is 88.6 Å². The number of amides is 2. The molecule has 28 heavy (non-hydrogen) atoms. The lowest BCUT2D eigenvalue weighted by Gasteiger charge is -2.21. The minimum atomic E-state index is -0.342. The Hall–Kier alpha value is -2.74. The van der Waals surface area contributed by atoms with Gasteiger partial charge in [-0.3, -0.25) is 14.4 Å². The fourth-order valence-corrected chi connectivity index (χ4v) is 3.35. The third kappa shape index (κ3) is 6.77. The highest BCUT2D eigenvalue weighted by Crippen LogP contribution is 2.24. The van der Waals surface area contributed by atoms with Crippen molar-refractivity contribution in [3.8, 4) is 11.3 Å². The molecule has 1 aromatic heterocycles. The van der Waals surface area contributed by atoms with E-state index in [0.717, 1.165) is 17.7 Å². The van der Waals surface area contributed by atoms with Crippen molar-refractivity contribution in [3.05, 3.63) is 35.7 Å². The molecule has 150 valence electrons. The first-order valence-corrected chi connectivity index (χ1v) is 10.1. The first-order valence-electron chi connectivity index (χ1n) is 9.18. The summed E-state index contributed by atoms with van der Waals surface area (Å²) in [5, 5.41) is 5.14. The lowest BCUT2D eigenvalue weighted by atomic mass is 10.2. The Balaban J connectivity index is 1.89. The van der Waals surface area contributed by atoms with Crippen LogP contribution >= 0.6 is 11.3 Å². The second-order valence-electron chi connectivity index (χ2n) is 6.20. The number of hydrogen-bond donors (Lipinski definition) is 1. The molecule has 0 fully saturated rings. The van der Waals surface area contributed by atoms with E-state index in [1.54, 1.807) is 0 Å². The lowest BCUT2D eigenvalue weighted by molar-refractivity contribution is -0.141. The number of aromatic nitrogens is 1. The van der Waals surface area contributed by atoms with E-state index in [1.165, 1.54) is 23.3 Å². The molecule has 2 amide bonds. The second kappa shape index (κ2) is 11.2. The molecule has 0 saturated heterocycles. The van der Waals surface area contributed by atoms with Gasteiger partial charge in [-0.25, -0.2) is 4.98 Å². The maximum absolute atomic E-state index is 12.4. The highest BCUT2D eigenvalue weighted by molar-refractivity contribution is 7.14. The Bertz CT molecular complexity index is 792. The van der Waals surface area contributed by atoms with Gasteiger partial charge in [0.1, 0.15) is 0 Å². The van der Waals surface area contributed by atoms with Gasteiger partial charge in [-0.15, -0.1) is 11.3 Å². The number of thiazole rings is 1. The first-order chi connectivity index (χ1) is 13.5. The van der Waals surface area contributed by atoms with Crippen LogP contribution in [0.1, 0.15) is 32.6 Å². The zero-order valence-electron chi connectivity index (χ0n) is 16.1. The van der Waals surface area contributed by atoms with E-state index in [2.05, 4.69) is 15.0 Å². The normalized spacial score (nSPS) is 10.4. The number of ether oxygens (including phenoxy) is 1. The standard InChI is InChI=1S/C20H25N3O4S/c1-3-12-23(18(25)10-7-11-19(26)27-2)13-17(24)22-20-21-16(14-28-20)15-8-5-4-6-9-15/h4-6,8-9,14H,3,7,10-13H2,1-2H3,(H,21,22,24). The van der Waals surface area contributed by atoms with Crippen LogP contribution < -0.4 is 5.32 Å². The van der Waals surface area contributed by atoms with E-state index in [1.807, 2.05) is 42.6 Å². The van der Waals surface area contributed by atoms with Crippen molar-refractivity contribution in [2.75, 3.05) is 25.5 Å². The minimum Gasteiger partial charge on any atom is -0.469 e. The van der Waals surface area contributed by atoms with Crippen molar-refractivity contribution in [3.63, 3.8) is 0 Å². The fraction of sp³-hybridized carbons (Fsp3) is 0.400. The monoisotopic (exact) mass is 403 g/mol. The summed E-state index contributed by atoms with van der Waals surface area (Å²) >= 11 is 1.34. The third-order valence-electron chi connectivity index (χ3n) is 4.00. The van der Waals surface area contributed by atoms with Gasteiger partial charge in [0.15, 0.2) is 5.13 Å². The Kier molecular flexibility index (Phi) is 8.61. The molecule has 1 aromatic carbocycles. The molecular weight excluding hydrogens is 378 g/mol. The van der Waals surface area contributed by atoms with Crippen LogP contribution in [0.3, 0.4) is 0 Å². The number of nitrogens with zero attached hydrogens (tertiary/aromatic N) is 2. The summed E-state index contributed by atoms with van der Waals surface area (Å²) in [6.07, 6.45) is 1.54. The van der Waals surface area contributed by atoms with Crippen LogP contribution in [0, 0.1) is 0 Å². The molecule has 0 unspecified atom stereocenters. The minimum absolute atomic E-state index is 0.0366. The van der Waals surface area contributed by atoms with Gasteiger partial charge in [-0.05, 0) is 12.8 Å². The van der Waals surface area contributed by atoms with Crippen LogP contribution in [-0.2, 0) is 19.1 Å². The zero-order chi connectivity index (χ0) is 20.4. The molecule has 0 saturated carbocycles. The van der Waals surface area contributed by atoms with Crippen molar-refractivity contribution in [1.82, 2.24) is 9.88 Å². The number of methoxy groups -OCH3 is 1. The molecule has 2 rings (SSSR count). The number of benzene rings is 1. The average Bonchev–Trinajstić information content (AvgIpc) is 3.16. The molecule has 0 bridgehead atoms. The molecule has 8 heteroatoms. The molecule has 2 aromatic rings. The van der Waals surface area contributed by atoms with Gasteiger partial charge < -0.3 is 15.0 Å². The smallest absolute Gasteiger partial charge is 0.305 e. The Morgan fingerprint density at radius 2 is 1.93 bits per heavy atom. The molecule has 0 aliphatic heterocycles. The number of carbonyl (C=O) groups excluding carboxylic acids is 3. The lowest BCUT2D eigenvalue weighted by Crippen LogP contribution is -2.38. The Morgan fingerprint density at radius 3 is 2.61 bits per heavy atom. The SMILES string of the molecule is CCCN(CC(=O)Nc1nc(-c2ccccc2)cs1)C(=O)CCCC(=O)OC. The van der Waals surface area contributed by atoms with E-state index in [-0.39, 0.29) is 37.2 Å². The highest BCUT2D eigenvalue weighted by Gasteiger charge is 2.18. The Morgan fingerprint density at radius 1 is 1.18 bits per heavy atom. The summed E-state index contributed by atoms with van der Waals surface area (Å²) in [7, 11) is 1.32. The van der Waals surface area contributed by atoms with Crippen LogP contribution in [-0.4, -0.2) is 47.9 Å². The molecule has 0 spiro atoms. The van der Waals surface area contributed by atoms with E-state index in [4.69, 9.17) is 0 Å². The van der Waals surface area contributed by atoms with Crippen molar-refractivity contribution in [2.24, 2.45) is 0 Å². The number of hydrogen-bond acceptors (Lipinski definition) is 6. The van der Waals surface area contributed by atoms with Gasteiger partial charge in [0, 0.05) is 30.3 Å². The molecule has 7 nitrogen and oxygen atoms in total. The summed E-state index contributed by atoms with van der Waals surface area (Å²) in [6.45, 7) is 2.39. The molecule has 0 aliphatic carbocycles. The van der Waals surface area contributed by atoms with Gasteiger partial charge in [-0.2, -0.15) is 0 Å². The summed E-state index contributed by atoms with van der Waals surface area (Å²) in [5.41, 5.74) is 1.78. The van der Waals surface area contributed by atoms with Gasteiger partial charge in [0.25, 0.3) is 0 Å². The summed E-state index contributed by atoms with van der Waals surface area (Å²) in [6, 6.07) is 9.71. The zero-order valence-corrected chi connectivity index (χ0v) is 17.0. The van der Waals surface area contributed by atoms with Crippen LogP contribution in [0.2, 0.25) is 0 Å². The fourth-order valence-electron chi connectivity index (χ4n) is 2.61. The molecule has 0 atom stereocenters. The molecule has 0 radical (unpaired) electrons. The van der Waals surface area contributed by atoms with Crippen molar-refractivity contribution < 1.29 is 19.1 Å². The van der Waals surface area contributed by atoms with Gasteiger partial charge in [0.05, 0.1) is 19.3 Å². The van der Waals surface area contributed by atoms with Crippen molar-refractivity contribution in [1.29, 1.82) is 0 Å². The van der Waals surface area contributed by atoms with E-state index in [9.17, 15) is 14.4 Å². The van der Waals surface area contributed by atoms with Crippen molar-refractivity contribution >= 4 is 34.3 Å². The predicted molar refractivity (Wildman–Crippen MR) is 109 cm³/mol. The molecule has 0 aliphatic rings. The highest BCUT2D eigenvalue weighted by atomic mass is 32.1. The van der Waals surface area contributed by atoms with E-state index in [0.29, 0.717) is 18.1 Å². The van der Waals surface area contributed by atoms with E-state index < -0.39 is 0 Å². The number of carbonyl (C=O) groups is 3. The first kappa shape index (κ1) is 21.6. The maximum Gasteiger partial charge on any atom is 0.305 e. The van der Waals surface area contributed by atoms with Gasteiger partial charge in [-0.1, -0.05) is 37.3 Å². The van der Waals surface area contributed by atoms with Crippen LogP contribution in [0.15, 0.2) is 35.7 Å². The number of rotatable bonds is 10. The second-order valence-corrected chi connectivity index (χ2v) is 7.06.